The number of rotatable bonds is 5. The molecule has 1 aliphatic heterocycles. The van der Waals surface area contributed by atoms with Crippen LogP contribution in [0.5, 0.6) is 5.88 Å². The molecular weight excluding hydrogens is 372 g/mol. The molecule has 0 unspecified atom stereocenters. The molecule has 2 heterocycles. The van der Waals surface area contributed by atoms with Crippen molar-refractivity contribution >= 4 is 15.9 Å². The lowest BCUT2D eigenvalue weighted by Gasteiger charge is -2.35. The highest BCUT2D eigenvalue weighted by molar-refractivity contribution is 7.90. The molecule has 1 aromatic heterocycles. The molecule has 1 N–H and O–H groups in total. The third kappa shape index (κ3) is 5.55. The maximum absolute atomic E-state index is 11.5. The molecule has 1 aliphatic carbocycles. The highest BCUT2D eigenvalue weighted by Crippen LogP contribution is 2.27. The van der Waals surface area contributed by atoms with Gasteiger partial charge in [-0.05, 0) is 44.6 Å². The van der Waals surface area contributed by atoms with Crippen molar-refractivity contribution < 1.29 is 27.8 Å². The van der Waals surface area contributed by atoms with Crippen LogP contribution in [0.2, 0.25) is 0 Å². The largest absolute Gasteiger partial charge is 0.474 e. The number of likely N-dealkylation sites (tertiary alicyclic amines) is 1. The summed E-state index contributed by atoms with van der Waals surface area (Å²) in [7, 11) is -3.25. The van der Waals surface area contributed by atoms with Gasteiger partial charge in [-0.15, -0.1) is 0 Å². The number of piperidine rings is 1. The Kier molecular flexibility index (Phi) is 6.21. The van der Waals surface area contributed by atoms with Crippen molar-refractivity contribution in [1.82, 2.24) is 9.88 Å². The molecule has 0 bridgehead atoms. The Hall–Kier alpha value is -1.87. The van der Waals surface area contributed by atoms with Crippen LogP contribution >= 0.6 is 0 Å². The number of aromatic nitrogens is 1. The molecule has 3 rings (SSSR count). The van der Waals surface area contributed by atoms with Gasteiger partial charge in [-0.3, -0.25) is 0 Å². The average Bonchev–Trinajstić information content (AvgIpc) is 2.63. The van der Waals surface area contributed by atoms with Gasteiger partial charge in [-0.2, -0.15) is 0 Å². The maximum Gasteiger partial charge on any atom is 0.407 e. The number of pyridine rings is 1. The number of nitrogens with zero attached hydrogens (tertiary/aromatic N) is 2. The van der Waals surface area contributed by atoms with E-state index in [4.69, 9.17) is 14.6 Å². The second kappa shape index (κ2) is 8.43. The van der Waals surface area contributed by atoms with Crippen molar-refractivity contribution in [2.75, 3.05) is 19.3 Å². The predicted octanol–water partition coefficient (Wildman–Crippen LogP) is 2.33. The van der Waals surface area contributed by atoms with Gasteiger partial charge in [0, 0.05) is 31.6 Å². The van der Waals surface area contributed by atoms with Gasteiger partial charge in [0.2, 0.25) is 5.88 Å². The molecule has 2 aliphatic rings. The Bertz CT molecular complexity index is 736. The molecule has 1 amide bonds. The summed E-state index contributed by atoms with van der Waals surface area (Å²) in [6.45, 7) is 1.07. The summed E-state index contributed by atoms with van der Waals surface area (Å²) in [4.78, 5) is 16.6. The summed E-state index contributed by atoms with van der Waals surface area (Å²) in [6.07, 6.45) is 6.98. The molecule has 1 saturated heterocycles. The van der Waals surface area contributed by atoms with Crippen molar-refractivity contribution in [2.24, 2.45) is 0 Å². The van der Waals surface area contributed by atoms with E-state index in [-0.39, 0.29) is 23.2 Å². The fraction of sp³-hybridized carbons (Fsp3) is 0.667. The van der Waals surface area contributed by atoms with Gasteiger partial charge >= 0.3 is 6.09 Å². The van der Waals surface area contributed by atoms with E-state index in [1.54, 1.807) is 6.07 Å². The lowest BCUT2D eigenvalue weighted by Crippen LogP contribution is -2.41. The van der Waals surface area contributed by atoms with Crippen LogP contribution in [0, 0.1) is 0 Å². The van der Waals surface area contributed by atoms with Gasteiger partial charge in [0.05, 0.1) is 17.1 Å². The van der Waals surface area contributed by atoms with Gasteiger partial charge in [-0.25, -0.2) is 18.2 Å². The Morgan fingerprint density at radius 1 is 1.07 bits per heavy atom. The van der Waals surface area contributed by atoms with Crippen molar-refractivity contribution in [3.05, 3.63) is 18.3 Å². The van der Waals surface area contributed by atoms with Crippen molar-refractivity contribution in [1.29, 1.82) is 0 Å². The lowest BCUT2D eigenvalue weighted by molar-refractivity contribution is -0.0643. The molecule has 0 atom stereocenters. The van der Waals surface area contributed by atoms with Crippen molar-refractivity contribution in [3.8, 4) is 5.88 Å². The van der Waals surface area contributed by atoms with E-state index in [2.05, 4.69) is 4.98 Å². The fourth-order valence-corrected chi connectivity index (χ4v) is 4.13. The van der Waals surface area contributed by atoms with Gasteiger partial charge in [0.15, 0.2) is 9.84 Å². The van der Waals surface area contributed by atoms with E-state index in [1.807, 2.05) is 0 Å². The number of hydrogen-bond donors (Lipinski definition) is 1. The zero-order valence-electron chi connectivity index (χ0n) is 15.4. The molecule has 2 fully saturated rings. The van der Waals surface area contributed by atoms with Crippen LogP contribution in [0.4, 0.5) is 4.79 Å². The van der Waals surface area contributed by atoms with Gasteiger partial charge in [-0.1, -0.05) is 0 Å². The highest BCUT2D eigenvalue weighted by Gasteiger charge is 2.28. The molecule has 1 aromatic rings. The summed E-state index contributed by atoms with van der Waals surface area (Å²) in [6, 6.07) is 3.10. The minimum atomic E-state index is -3.25. The Balaban J connectivity index is 1.41. The minimum absolute atomic E-state index is 0.0512. The highest BCUT2D eigenvalue weighted by atomic mass is 32.2. The first-order valence-corrected chi connectivity index (χ1v) is 11.2. The van der Waals surface area contributed by atoms with Crippen LogP contribution in [-0.4, -0.2) is 67.2 Å². The van der Waals surface area contributed by atoms with E-state index in [1.165, 1.54) is 17.2 Å². The van der Waals surface area contributed by atoms with Crippen LogP contribution in [-0.2, 0) is 14.6 Å². The first-order chi connectivity index (χ1) is 12.8. The SMILES string of the molecule is CS(=O)(=O)c1ccc(OC2CCC(OC3CCN(C(=O)O)CC3)CC2)nc1. The zero-order chi connectivity index (χ0) is 19.4. The lowest BCUT2D eigenvalue weighted by atomic mass is 9.94. The summed E-state index contributed by atoms with van der Waals surface area (Å²) >= 11 is 0. The van der Waals surface area contributed by atoms with Gasteiger partial charge in [0.1, 0.15) is 6.10 Å². The summed E-state index contributed by atoms with van der Waals surface area (Å²) in [5, 5.41) is 8.99. The molecule has 8 nitrogen and oxygen atoms in total. The Morgan fingerprint density at radius 3 is 2.19 bits per heavy atom. The summed E-state index contributed by atoms with van der Waals surface area (Å²) < 4.78 is 34.9. The predicted molar refractivity (Wildman–Crippen MR) is 97.7 cm³/mol. The smallest absolute Gasteiger partial charge is 0.407 e. The third-order valence-electron chi connectivity index (χ3n) is 5.14. The molecule has 0 radical (unpaired) electrons. The fourth-order valence-electron chi connectivity index (χ4n) is 3.57. The first-order valence-electron chi connectivity index (χ1n) is 9.27. The van der Waals surface area contributed by atoms with E-state index >= 15 is 0 Å². The monoisotopic (exact) mass is 398 g/mol. The van der Waals surface area contributed by atoms with Crippen LogP contribution in [0.15, 0.2) is 23.2 Å². The first kappa shape index (κ1) is 19.9. The standard InChI is InChI=1S/C18H26N2O6S/c1-27(23,24)16-6-7-17(19-12-16)26-14-4-2-13(3-5-14)25-15-8-10-20(11-9-15)18(21)22/h6-7,12-15H,2-5,8-11H2,1H3,(H,21,22). The zero-order valence-corrected chi connectivity index (χ0v) is 16.2. The van der Waals surface area contributed by atoms with Crippen molar-refractivity contribution in [3.63, 3.8) is 0 Å². The van der Waals surface area contributed by atoms with E-state index in [0.717, 1.165) is 44.8 Å². The van der Waals surface area contributed by atoms with Gasteiger partial charge < -0.3 is 19.5 Å². The summed E-state index contributed by atoms with van der Waals surface area (Å²) in [5.74, 6) is 0.438. The molecule has 150 valence electrons. The van der Waals surface area contributed by atoms with E-state index in [0.29, 0.717) is 19.0 Å². The molecule has 1 saturated carbocycles. The second-order valence-electron chi connectivity index (χ2n) is 7.23. The number of ether oxygens (including phenoxy) is 2. The maximum atomic E-state index is 11.5. The normalized spacial score (nSPS) is 24.6. The second-order valence-corrected chi connectivity index (χ2v) is 9.24. The molecule has 27 heavy (non-hydrogen) atoms. The Morgan fingerprint density at radius 2 is 1.67 bits per heavy atom. The molecule has 0 spiro atoms. The van der Waals surface area contributed by atoms with Crippen LogP contribution in [0.25, 0.3) is 0 Å². The van der Waals surface area contributed by atoms with Crippen molar-refractivity contribution in [2.45, 2.75) is 61.7 Å². The van der Waals surface area contributed by atoms with Gasteiger partial charge in [0.25, 0.3) is 0 Å². The van der Waals surface area contributed by atoms with Crippen LogP contribution in [0.1, 0.15) is 38.5 Å². The Labute approximate surface area is 159 Å². The van der Waals surface area contributed by atoms with E-state index in [9.17, 15) is 13.2 Å². The topological polar surface area (TPSA) is 106 Å². The quantitative estimate of drug-likeness (QED) is 0.811. The van der Waals surface area contributed by atoms with E-state index < -0.39 is 15.9 Å². The molecule has 0 aromatic carbocycles. The summed E-state index contributed by atoms with van der Waals surface area (Å²) in [5.41, 5.74) is 0. The van der Waals surface area contributed by atoms with Crippen LogP contribution < -0.4 is 4.74 Å². The number of sulfone groups is 1. The number of carboxylic acid groups (broad SMARTS) is 1. The number of carbonyl (C=O) groups is 1. The number of amides is 1. The third-order valence-corrected chi connectivity index (χ3v) is 6.24. The average molecular weight is 398 g/mol. The van der Waals surface area contributed by atoms with Crippen LogP contribution in [0.3, 0.4) is 0 Å². The molecule has 9 heteroatoms. The molecular formula is C18H26N2O6S. The number of hydrogen-bond acceptors (Lipinski definition) is 6. The minimum Gasteiger partial charge on any atom is -0.474 e.